The van der Waals surface area contributed by atoms with E-state index in [0.717, 1.165) is 0 Å². The number of benzene rings is 1. The Balaban J connectivity index is 1.86. The van der Waals surface area contributed by atoms with E-state index in [1.807, 2.05) is 0 Å². The van der Waals surface area contributed by atoms with Crippen molar-refractivity contribution >= 4 is 33.4 Å². The van der Waals surface area contributed by atoms with Gasteiger partial charge in [-0.15, -0.1) is 0 Å². The van der Waals surface area contributed by atoms with E-state index in [2.05, 4.69) is 21.2 Å². The summed E-state index contributed by atoms with van der Waals surface area (Å²) in [5.74, 6) is 0.0321. The first kappa shape index (κ1) is 13.8. The van der Waals surface area contributed by atoms with Gasteiger partial charge in [0, 0.05) is 22.0 Å². The Morgan fingerprint density at radius 3 is 2.89 bits per heavy atom. The van der Waals surface area contributed by atoms with Crippen LogP contribution in [-0.2, 0) is 11.2 Å². The van der Waals surface area contributed by atoms with Crippen LogP contribution in [0.5, 0.6) is 0 Å². The molecular formula is C13H14BrClFNO. The van der Waals surface area contributed by atoms with Crippen LogP contribution in [0.25, 0.3) is 0 Å². The number of carbonyl (C=O) groups excluding carboxylic acids is 1. The predicted molar refractivity (Wildman–Crippen MR) is 73.6 cm³/mol. The van der Waals surface area contributed by atoms with Crippen LogP contribution in [0.1, 0.15) is 18.4 Å². The summed E-state index contributed by atoms with van der Waals surface area (Å²) in [6, 6.07) is 4.43. The Hall–Kier alpha value is -0.610. The summed E-state index contributed by atoms with van der Waals surface area (Å²) < 4.78 is 13.5. The highest BCUT2D eigenvalue weighted by Crippen LogP contribution is 2.36. The lowest BCUT2D eigenvalue weighted by molar-refractivity contribution is -0.120. The van der Waals surface area contributed by atoms with Crippen molar-refractivity contribution in [1.82, 2.24) is 5.32 Å². The molecule has 1 aliphatic rings. The van der Waals surface area contributed by atoms with Gasteiger partial charge in [0.2, 0.25) is 5.91 Å². The van der Waals surface area contributed by atoms with Gasteiger partial charge in [-0.1, -0.05) is 33.6 Å². The summed E-state index contributed by atoms with van der Waals surface area (Å²) in [6.45, 7) is 0.579. The van der Waals surface area contributed by atoms with Gasteiger partial charge in [-0.3, -0.25) is 4.79 Å². The molecule has 1 amide bonds. The Morgan fingerprint density at radius 1 is 1.56 bits per heavy atom. The molecule has 18 heavy (non-hydrogen) atoms. The third-order valence-electron chi connectivity index (χ3n) is 3.03. The molecule has 1 aromatic rings. The molecule has 5 heteroatoms. The maximum atomic E-state index is 13.5. The minimum atomic E-state index is -0.435. The number of halogens is 3. The summed E-state index contributed by atoms with van der Waals surface area (Å²) in [6.07, 6.45) is 2.41. The molecule has 1 fully saturated rings. The minimum absolute atomic E-state index is 0.0180. The summed E-state index contributed by atoms with van der Waals surface area (Å²) in [4.78, 5) is 12.0. The van der Waals surface area contributed by atoms with E-state index < -0.39 is 5.82 Å². The highest BCUT2D eigenvalue weighted by molar-refractivity contribution is 9.09. The van der Waals surface area contributed by atoms with Gasteiger partial charge < -0.3 is 5.32 Å². The topological polar surface area (TPSA) is 29.1 Å². The van der Waals surface area contributed by atoms with Crippen LogP contribution in [0.4, 0.5) is 4.39 Å². The van der Waals surface area contributed by atoms with E-state index >= 15 is 0 Å². The normalized spacial score (nSPS) is 16.4. The summed E-state index contributed by atoms with van der Waals surface area (Å²) in [5.41, 5.74) is 0.259. The highest BCUT2D eigenvalue weighted by Gasteiger charge is 2.29. The average molecular weight is 335 g/mol. The molecule has 98 valence electrons. The van der Waals surface area contributed by atoms with E-state index in [-0.39, 0.29) is 17.9 Å². The van der Waals surface area contributed by atoms with Gasteiger partial charge in [0.15, 0.2) is 0 Å². The monoisotopic (exact) mass is 333 g/mol. The van der Waals surface area contributed by atoms with Crippen molar-refractivity contribution in [2.24, 2.45) is 5.92 Å². The zero-order chi connectivity index (χ0) is 13.1. The summed E-state index contributed by atoms with van der Waals surface area (Å²) in [5, 5.41) is 3.09. The van der Waals surface area contributed by atoms with Crippen molar-refractivity contribution in [3.05, 3.63) is 34.6 Å². The van der Waals surface area contributed by atoms with Crippen LogP contribution in [0.2, 0.25) is 5.02 Å². The smallest absolute Gasteiger partial charge is 0.224 e. The molecule has 1 N–H and O–H groups in total. The first-order valence-corrected chi connectivity index (χ1v) is 7.21. The number of hydrogen-bond donors (Lipinski definition) is 1. The molecule has 0 bridgehead atoms. The van der Waals surface area contributed by atoms with Crippen molar-refractivity contribution in [1.29, 1.82) is 0 Å². The lowest BCUT2D eigenvalue weighted by atomic mass is 10.1. The number of carbonyl (C=O) groups is 1. The third kappa shape index (κ3) is 3.69. The van der Waals surface area contributed by atoms with E-state index in [1.165, 1.54) is 25.0 Å². The van der Waals surface area contributed by atoms with Crippen LogP contribution >= 0.6 is 27.5 Å². The van der Waals surface area contributed by atoms with Crippen molar-refractivity contribution in [2.75, 3.05) is 6.54 Å². The van der Waals surface area contributed by atoms with Crippen LogP contribution in [-0.4, -0.2) is 17.3 Å². The fourth-order valence-electron chi connectivity index (χ4n) is 1.76. The highest BCUT2D eigenvalue weighted by atomic mass is 79.9. The van der Waals surface area contributed by atoms with Crippen molar-refractivity contribution in [3.63, 3.8) is 0 Å². The van der Waals surface area contributed by atoms with Gasteiger partial charge in [-0.25, -0.2) is 4.39 Å². The largest absolute Gasteiger partial charge is 0.355 e. The standard InChI is InChI=1S/C13H14BrClFNO/c14-10(8-4-5-8)7-17-13(18)6-9-11(15)2-1-3-12(9)16/h1-3,8,10H,4-7H2,(H,17,18). The second-order valence-corrected chi connectivity index (χ2v) is 6.12. The first-order chi connectivity index (χ1) is 8.58. The van der Waals surface area contributed by atoms with Crippen LogP contribution in [0.3, 0.4) is 0 Å². The average Bonchev–Trinajstić information content (AvgIpc) is 3.15. The van der Waals surface area contributed by atoms with E-state index in [4.69, 9.17) is 11.6 Å². The molecule has 0 saturated heterocycles. The predicted octanol–water partition coefficient (Wildman–Crippen LogP) is 3.31. The number of hydrogen-bond acceptors (Lipinski definition) is 1. The number of rotatable bonds is 5. The third-order valence-corrected chi connectivity index (χ3v) is 4.45. The Labute approximate surface area is 119 Å². The molecular weight excluding hydrogens is 321 g/mol. The minimum Gasteiger partial charge on any atom is -0.355 e. The molecule has 1 atom stereocenters. The molecule has 1 unspecified atom stereocenters. The maximum Gasteiger partial charge on any atom is 0.224 e. The SMILES string of the molecule is O=C(Cc1c(F)cccc1Cl)NCC(Br)C1CC1. The second kappa shape index (κ2) is 6.02. The maximum absolute atomic E-state index is 13.5. The van der Waals surface area contributed by atoms with Gasteiger partial charge >= 0.3 is 0 Å². The molecule has 1 aromatic carbocycles. The fourth-order valence-corrected chi connectivity index (χ4v) is 2.68. The van der Waals surface area contributed by atoms with Crippen LogP contribution in [0.15, 0.2) is 18.2 Å². The van der Waals surface area contributed by atoms with Crippen molar-refractivity contribution < 1.29 is 9.18 Å². The Morgan fingerprint density at radius 2 is 2.28 bits per heavy atom. The molecule has 1 saturated carbocycles. The van der Waals surface area contributed by atoms with Crippen LogP contribution in [0, 0.1) is 11.7 Å². The van der Waals surface area contributed by atoms with Gasteiger partial charge in [-0.2, -0.15) is 0 Å². The lowest BCUT2D eigenvalue weighted by Gasteiger charge is -2.11. The quantitative estimate of drug-likeness (QED) is 0.822. The summed E-state index contributed by atoms with van der Waals surface area (Å²) in [7, 11) is 0. The molecule has 0 aliphatic heterocycles. The Bertz CT molecular complexity index is 430. The van der Waals surface area contributed by atoms with Crippen LogP contribution < -0.4 is 5.32 Å². The molecule has 0 heterocycles. The zero-order valence-electron chi connectivity index (χ0n) is 9.76. The lowest BCUT2D eigenvalue weighted by Crippen LogP contribution is -2.31. The molecule has 0 radical (unpaired) electrons. The van der Waals surface area contributed by atoms with Gasteiger partial charge in [0.25, 0.3) is 0 Å². The second-order valence-electron chi connectivity index (χ2n) is 4.53. The number of nitrogens with one attached hydrogen (secondary N) is 1. The number of amides is 1. The fraction of sp³-hybridized carbons (Fsp3) is 0.462. The van der Waals surface area contributed by atoms with Crippen molar-refractivity contribution in [3.8, 4) is 0 Å². The van der Waals surface area contributed by atoms with Crippen molar-refractivity contribution in [2.45, 2.75) is 24.1 Å². The molecule has 1 aliphatic carbocycles. The number of alkyl halides is 1. The summed E-state index contributed by atoms with van der Waals surface area (Å²) >= 11 is 9.40. The van der Waals surface area contributed by atoms with E-state index in [1.54, 1.807) is 6.07 Å². The van der Waals surface area contributed by atoms with Gasteiger partial charge in [0.05, 0.1) is 6.42 Å². The zero-order valence-corrected chi connectivity index (χ0v) is 12.1. The molecule has 2 rings (SSSR count). The van der Waals surface area contributed by atoms with Gasteiger partial charge in [-0.05, 0) is 30.9 Å². The molecule has 0 aromatic heterocycles. The molecule has 0 spiro atoms. The molecule has 2 nitrogen and oxygen atoms in total. The van der Waals surface area contributed by atoms with Gasteiger partial charge in [0.1, 0.15) is 5.82 Å². The first-order valence-electron chi connectivity index (χ1n) is 5.91. The Kier molecular flexibility index (Phi) is 4.62. The van der Waals surface area contributed by atoms with E-state index in [9.17, 15) is 9.18 Å². The van der Waals surface area contributed by atoms with E-state index in [0.29, 0.717) is 22.3 Å².